The Hall–Kier alpha value is -1.25. The van der Waals surface area contributed by atoms with Crippen molar-refractivity contribution in [1.29, 1.82) is 0 Å². The molecule has 1 aromatic carbocycles. The van der Waals surface area contributed by atoms with Gasteiger partial charge >= 0.3 is 0 Å². The lowest BCUT2D eigenvalue weighted by atomic mass is 9.90. The Labute approximate surface area is 79.3 Å². The van der Waals surface area contributed by atoms with Crippen LogP contribution in [0.3, 0.4) is 0 Å². The second-order valence-corrected chi connectivity index (χ2v) is 2.88. The molecule has 0 amide bonds. The normalized spacial score (nSPS) is 12.1. The third-order valence-electron chi connectivity index (χ3n) is 1.60. The molecule has 0 saturated carbocycles. The molecule has 0 N–H and O–H groups in total. The first kappa shape index (κ1) is 9.84. The van der Waals surface area contributed by atoms with Crippen molar-refractivity contribution in [3.63, 3.8) is 0 Å². The molecule has 1 rings (SSSR count). The zero-order valence-corrected chi connectivity index (χ0v) is 7.57. The molecule has 66 valence electrons. The molecule has 0 spiro atoms. The number of hydrogen-bond acceptors (Lipinski definition) is 2. The van der Waals surface area contributed by atoms with Gasteiger partial charge in [0.25, 0.3) is 5.97 Å². The van der Waals surface area contributed by atoms with Gasteiger partial charge in [-0.3, -0.25) is 4.79 Å². The first-order chi connectivity index (χ1) is 6.20. The lowest BCUT2D eigenvalue weighted by molar-refractivity contribution is -0.144. The number of hydrogen-bond donors (Lipinski definition) is 0. The smallest absolute Gasteiger partial charge is 0.300 e. The second kappa shape index (κ2) is 4.70. The van der Waals surface area contributed by atoms with Crippen LogP contribution in [0.4, 0.5) is 0 Å². The lowest BCUT2D eigenvalue weighted by Gasteiger charge is -2.06. The molecular formula is C10H11BO2. The van der Waals surface area contributed by atoms with Crippen LogP contribution >= 0.6 is 0 Å². The Bertz CT molecular complexity index is 270. The molecule has 1 aromatic rings. The van der Waals surface area contributed by atoms with Crippen molar-refractivity contribution in [2.75, 3.05) is 0 Å². The van der Waals surface area contributed by atoms with E-state index in [9.17, 15) is 4.79 Å². The highest BCUT2D eigenvalue weighted by molar-refractivity contribution is 6.22. The van der Waals surface area contributed by atoms with Gasteiger partial charge in [-0.15, -0.1) is 0 Å². The molecule has 0 aromatic heterocycles. The van der Waals surface area contributed by atoms with E-state index in [-0.39, 0.29) is 5.97 Å². The van der Waals surface area contributed by atoms with Crippen molar-refractivity contribution in [3.8, 4) is 0 Å². The molecule has 0 aliphatic carbocycles. The van der Waals surface area contributed by atoms with Crippen molar-refractivity contribution in [1.82, 2.24) is 0 Å². The van der Waals surface area contributed by atoms with E-state index in [1.54, 1.807) is 6.92 Å². The van der Waals surface area contributed by atoms with E-state index in [1.807, 2.05) is 30.3 Å². The molecule has 0 bridgehead atoms. The fourth-order valence-electron chi connectivity index (χ4n) is 0.860. The topological polar surface area (TPSA) is 26.3 Å². The van der Waals surface area contributed by atoms with E-state index >= 15 is 0 Å². The van der Waals surface area contributed by atoms with Gasteiger partial charge in [0.15, 0.2) is 0 Å². The van der Waals surface area contributed by atoms with Gasteiger partial charge in [-0.05, 0) is 5.56 Å². The maximum atomic E-state index is 11.0. The zero-order valence-electron chi connectivity index (χ0n) is 7.57. The summed E-state index contributed by atoms with van der Waals surface area (Å²) in [5, 5.41) is 0. The molecule has 0 unspecified atom stereocenters. The Morgan fingerprint density at radius 1 is 1.46 bits per heavy atom. The van der Waals surface area contributed by atoms with Crippen LogP contribution in [-0.2, 0) is 16.1 Å². The molecule has 3 heteroatoms. The van der Waals surface area contributed by atoms with Gasteiger partial charge in [0.2, 0.25) is 0 Å². The third kappa shape index (κ3) is 3.32. The van der Waals surface area contributed by atoms with E-state index < -0.39 is 5.82 Å². The molecule has 1 atom stereocenters. The van der Waals surface area contributed by atoms with Crippen molar-refractivity contribution in [3.05, 3.63) is 35.9 Å². The van der Waals surface area contributed by atoms with E-state index in [0.29, 0.717) is 6.61 Å². The molecule has 2 nitrogen and oxygen atoms in total. The van der Waals surface area contributed by atoms with Crippen LogP contribution in [0.15, 0.2) is 30.3 Å². The van der Waals surface area contributed by atoms with E-state index in [2.05, 4.69) is 0 Å². The van der Waals surface area contributed by atoms with Crippen molar-refractivity contribution < 1.29 is 9.53 Å². The van der Waals surface area contributed by atoms with Crippen LogP contribution in [0.25, 0.3) is 0 Å². The van der Waals surface area contributed by atoms with Crippen LogP contribution in [0.5, 0.6) is 0 Å². The molecule has 0 aliphatic rings. The Balaban J connectivity index is 2.40. The average Bonchev–Trinajstić information content (AvgIpc) is 2.15. The monoisotopic (exact) mass is 174 g/mol. The predicted octanol–water partition coefficient (Wildman–Crippen LogP) is 1.71. The van der Waals surface area contributed by atoms with Gasteiger partial charge in [-0.2, -0.15) is 0 Å². The van der Waals surface area contributed by atoms with E-state index in [4.69, 9.17) is 12.6 Å². The standard InChI is InChI=1S/C10H11BO2/c1-8(11)10(12)13-7-9-5-3-2-4-6-9/h2-6,8H,7H2,1H3/t8-/m0/s1. The molecule has 0 saturated heterocycles. The molecular weight excluding hydrogens is 163 g/mol. The summed E-state index contributed by atoms with van der Waals surface area (Å²) in [4.78, 5) is 11.0. The largest absolute Gasteiger partial charge is 0.461 e. The minimum atomic E-state index is -0.552. The number of carbonyl (C=O) groups excluding carboxylic acids is 1. The van der Waals surface area contributed by atoms with Gasteiger partial charge in [0.1, 0.15) is 6.61 Å². The Kier molecular flexibility index (Phi) is 3.56. The first-order valence-electron chi connectivity index (χ1n) is 4.16. The first-order valence-corrected chi connectivity index (χ1v) is 4.16. The highest BCUT2D eigenvalue weighted by Crippen LogP contribution is 2.04. The maximum Gasteiger partial charge on any atom is 0.300 e. The van der Waals surface area contributed by atoms with Gasteiger partial charge in [0.05, 0.1) is 7.85 Å². The van der Waals surface area contributed by atoms with Gasteiger partial charge in [-0.25, -0.2) is 0 Å². The summed E-state index contributed by atoms with van der Waals surface area (Å²) >= 11 is 0. The average molecular weight is 174 g/mol. The maximum absolute atomic E-state index is 11.0. The van der Waals surface area contributed by atoms with Crippen molar-refractivity contribution >= 4 is 13.8 Å². The molecule has 0 heterocycles. The summed E-state index contributed by atoms with van der Waals surface area (Å²) in [6.07, 6.45) is 0. The second-order valence-electron chi connectivity index (χ2n) is 2.88. The summed E-state index contributed by atoms with van der Waals surface area (Å²) in [6.45, 7) is 1.90. The molecule has 13 heavy (non-hydrogen) atoms. The van der Waals surface area contributed by atoms with E-state index in [1.165, 1.54) is 0 Å². The lowest BCUT2D eigenvalue weighted by Crippen LogP contribution is -2.09. The van der Waals surface area contributed by atoms with Gasteiger partial charge in [-0.1, -0.05) is 37.3 Å². The van der Waals surface area contributed by atoms with Crippen molar-refractivity contribution in [2.24, 2.45) is 0 Å². The fourth-order valence-corrected chi connectivity index (χ4v) is 0.860. The minimum Gasteiger partial charge on any atom is -0.461 e. The summed E-state index contributed by atoms with van der Waals surface area (Å²) < 4.78 is 4.93. The highest BCUT2D eigenvalue weighted by Gasteiger charge is 2.06. The fraction of sp³-hybridized carbons (Fsp3) is 0.300. The third-order valence-corrected chi connectivity index (χ3v) is 1.60. The summed E-state index contributed by atoms with van der Waals surface area (Å²) in [6, 6.07) is 9.50. The molecule has 2 radical (unpaired) electrons. The Morgan fingerprint density at radius 2 is 2.08 bits per heavy atom. The zero-order chi connectivity index (χ0) is 9.68. The van der Waals surface area contributed by atoms with Crippen molar-refractivity contribution in [2.45, 2.75) is 19.3 Å². The number of ether oxygens (including phenoxy) is 1. The van der Waals surface area contributed by atoms with Crippen LogP contribution in [0, 0.1) is 0 Å². The number of esters is 1. The van der Waals surface area contributed by atoms with Gasteiger partial charge < -0.3 is 4.74 Å². The van der Waals surface area contributed by atoms with E-state index in [0.717, 1.165) is 5.56 Å². The summed E-state index contributed by atoms with van der Waals surface area (Å²) in [5.74, 6) is -0.924. The SMILES string of the molecule is [B][C@@H](C)C(=O)OCc1ccccc1. The summed E-state index contributed by atoms with van der Waals surface area (Å²) in [7, 11) is 5.33. The Morgan fingerprint density at radius 3 is 2.62 bits per heavy atom. The van der Waals surface area contributed by atoms with Crippen LogP contribution < -0.4 is 0 Å². The van der Waals surface area contributed by atoms with Gasteiger partial charge in [0, 0.05) is 5.82 Å². The number of benzene rings is 1. The van der Waals surface area contributed by atoms with Crippen LogP contribution in [0.2, 0.25) is 5.82 Å². The van der Waals surface area contributed by atoms with Crippen LogP contribution in [-0.4, -0.2) is 13.8 Å². The number of carbonyl (C=O) groups is 1. The molecule has 0 fully saturated rings. The molecule has 0 aliphatic heterocycles. The number of rotatable bonds is 3. The quantitative estimate of drug-likeness (QED) is 0.514. The summed E-state index contributed by atoms with van der Waals surface area (Å²) in [5.41, 5.74) is 0.969. The minimum absolute atomic E-state index is 0.293. The highest BCUT2D eigenvalue weighted by atomic mass is 16.5. The van der Waals surface area contributed by atoms with Crippen LogP contribution in [0.1, 0.15) is 12.5 Å². The predicted molar refractivity (Wildman–Crippen MR) is 51.4 cm³/mol.